The first-order valence-electron chi connectivity index (χ1n) is 14.5. The average Bonchev–Trinajstić information content (AvgIpc) is 3.01. The van der Waals surface area contributed by atoms with E-state index in [2.05, 4.69) is 10.6 Å². The van der Waals surface area contributed by atoms with E-state index in [0.717, 1.165) is 6.42 Å². The first-order valence-corrected chi connectivity index (χ1v) is 14.5. The van der Waals surface area contributed by atoms with E-state index in [1.165, 1.54) is 4.90 Å². The third-order valence-corrected chi connectivity index (χ3v) is 9.33. The van der Waals surface area contributed by atoms with E-state index in [1.807, 2.05) is 42.5 Å². The molecule has 0 saturated heterocycles. The second-order valence-corrected chi connectivity index (χ2v) is 12.8. The summed E-state index contributed by atoms with van der Waals surface area (Å²) in [6.07, 6.45) is 3.41. The van der Waals surface area contributed by atoms with E-state index in [1.54, 1.807) is 47.4 Å². The molecule has 4 amide bonds. The van der Waals surface area contributed by atoms with Crippen LogP contribution in [0.2, 0.25) is 0 Å². The minimum atomic E-state index is -1.51. The van der Waals surface area contributed by atoms with Gasteiger partial charge in [-0.2, -0.15) is 0 Å². The van der Waals surface area contributed by atoms with Crippen molar-refractivity contribution in [1.29, 1.82) is 0 Å². The smallest absolute Gasteiger partial charge is 0.320 e. The van der Waals surface area contributed by atoms with Crippen LogP contribution in [0.1, 0.15) is 38.5 Å². The van der Waals surface area contributed by atoms with Gasteiger partial charge in [0.1, 0.15) is 0 Å². The molecule has 0 aromatic heterocycles. The zero-order valence-corrected chi connectivity index (χ0v) is 23.2. The van der Waals surface area contributed by atoms with Crippen molar-refractivity contribution in [3.05, 3.63) is 84.9 Å². The van der Waals surface area contributed by atoms with Gasteiger partial charge in [0, 0.05) is 24.3 Å². The molecular formula is C33H34N4O5. The summed E-state index contributed by atoms with van der Waals surface area (Å²) in [4.78, 5) is 45.0. The third-order valence-electron chi connectivity index (χ3n) is 9.33. The lowest BCUT2D eigenvalue weighted by Crippen LogP contribution is -2.66. The van der Waals surface area contributed by atoms with Crippen LogP contribution in [0.4, 0.5) is 27.5 Å². The maximum Gasteiger partial charge on any atom is 0.320 e. The molecule has 8 rings (SSSR count). The van der Waals surface area contributed by atoms with Crippen molar-refractivity contribution in [2.45, 2.75) is 55.8 Å². The molecule has 4 fully saturated rings. The highest BCUT2D eigenvalue weighted by Crippen LogP contribution is 2.63. The van der Waals surface area contributed by atoms with Gasteiger partial charge >= 0.3 is 6.03 Å². The number of aliphatic hydroxyl groups is 2. The Labute approximate surface area is 244 Å². The number of rotatable bonds is 5. The van der Waals surface area contributed by atoms with Crippen molar-refractivity contribution in [2.24, 2.45) is 11.3 Å². The number of hydrogen-bond acceptors (Lipinski definition) is 5. The lowest BCUT2D eigenvalue weighted by molar-refractivity contribution is -0.227. The minimum Gasteiger partial charge on any atom is -0.390 e. The van der Waals surface area contributed by atoms with Crippen LogP contribution >= 0.6 is 0 Å². The molecule has 42 heavy (non-hydrogen) atoms. The zero-order valence-electron chi connectivity index (χ0n) is 23.2. The van der Waals surface area contributed by atoms with E-state index in [4.69, 9.17) is 0 Å². The molecule has 1 aliphatic heterocycles. The Morgan fingerprint density at radius 3 is 2.00 bits per heavy atom. The predicted octanol–water partition coefficient (Wildman–Crippen LogP) is 4.33. The van der Waals surface area contributed by atoms with Gasteiger partial charge in [0.2, 0.25) is 0 Å². The molecule has 0 spiro atoms. The number of anilines is 4. The van der Waals surface area contributed by atoms with Crippen LogP contribution < -0.4 is 20.4 Å². The summed E-state index contributed by atoms with van der Waals surface area (Å²) in [6, 6.07) is 22.9. The number of fused-ring (bicyclic) bond motifs is 1. The number of benzene rings is 3. The number of amides is 4. The number of para-hydroxylation sites is 4. The molecule has 4 N–H and O–H groups in total. The summed E-state index contributed by atoms with van der Waals surface area (Å²) in [7, 11) is 0. The standard InChI is InChI=1S/C33H34N4O5/c38-28-27(35-30(40)34-23-9-3-1-4-10-23)29(39)37(24-11-5-2-6-12-24)26-14-8-7-13-25(26)36(28)21-31-15-22-16-32(41,18-31)20-33(42,17-22)19-31/h1-14,22,27,41-42H,15-21H2,(H2,34,35,40)/t22?,27?,31?,32-,33+. The van der Waals surface area contributed by atoms with Crippen LogP contribution in [-0.2, 0) is 9.59 Å². The van der Waals surface area contributed by atoms with Crippen molar-refractivity contribution in [3.63, 3.8) is 0 Å². The van der Waals surface area contributed by atoms with Gasteiger partial charge in [-0.05, 0) is 79.8 Å². The number of carbonyl (C=O) groups is 3. The van der Waals surface area contributed by atoms with Gasteiger partial charge < -0.3 is 25.7 Å². The second-order valence-electron chi connectivity index (χ2n) is 12.8. The van der Waals surface area contributed by atoms with Crippen molar-refractivity contribution < 1.29 is 24.6 Å². The first kappa shape index (κ1) is 26.7. The molecular weight excluding hydrogens is 532 g/mol. The Hall–Kier alpha value is -4.21. The fourth-order valence-electron chi connectivity index (χ4n) is 8.50. The van der Waals surface area contributed by atoms with Gasteiger partial charge in [0.15, 0.2) is 6.04 Å². The van der Waals surface area contributed by atoms with Crippen molar-refractivity contribution in [1.82, 2.24) is 5.32 Å². The first-order chi connectivity index (χ1) is 20.1. The van der Waals surface area contributed by atoms with Gasteiger partial charge in [0.05, 0.1) is 22.6 Å². The lowest BCUT2D eigenvalue weighted by atomic mass is 9.46. The van der Waals surface area contributed by atoms with Crippen LogP contribution in [0.3, 0.4) is 0 Å². The molecule has 216 valence electrons. The Bertz CT molecular complexity index is 1530. The van der Waals surface area contributed by atoms with Crippen molar-refractivity contribution >= 4 is 40.6 Å². The van der Waals surface area contributed by atoms with Crippen LogP contribution in [0, 0.1) is 11.3 Å². The van der Waals surface area contributed by atoms with Gasteiger partial charge in [-0.1, -0.05) is 48.5 Å². The number of nitrogens with one attached hydrogen (secondary N) is 2. The highest BCUT2D eigenvalue weighted by Gasteiger charge is 2.63. The van der Waals surface area contributed by atoms with Crippen molar-refractivity contribution in [2.75, 3.05) is 21.7 Å². The van der Waals surface area contributed by atoms with Crippen LogP contribution in [0.15, 0.2) is 84.9 Å². The topological polar surface area (TPSA) is 122 Å². The molecule has 9 nitrogen and oxygen atoms in total. The molecule has 3 unspecified atom stereocenters. The SMILES string of the molecule is O=C(Nc1ccccc1)NC1C(=O)N(CC23CC4C[C@@](O)(C2)C[C@](O)(C4)C3)c2ccccc2N(c2ccccc2)C1=O. The molecule has 4 bridgehead atoms. The van der Waals surface area contributed by atoms with E-state index in [-0.39, 0.29) is 12.5 Å². The molecule has 4 saturated carbocycles. The fraction of sp³-hybridized carbons (Fsp3) is 0.364. The lowest BCUT2D eigenvalue weighted by Gasteiger charge is -2.63. The summed E-state index contributed by atoms with van der Waals surface area (Å²) in [5, 5.41) is 28.2. The minimum absolute atomic E-state index is 0.168. The molecule has 5 aliphatic rings. The molecule has 1 heterocycles. The highest BCUT2D eigenvalue weighted by atomic mass is 16.3. The van der Waals surface area contributed by atoms with E-state index in [0.29, 0.717) is 54.9 Å². The molecule has 9 heteroatoms. The summed E-state index contributed by atoms with van der Waals surface area (Å²) in [5.74, 6) is -0.961. The molecule has 3 aromatic carbocycles. The number of hydrogen-bond donors (Lipinski definition) is 4. The van der Waals surface area contributed by atoms with Crippen LogP contribution in [0.25, 0.3) is 0 Å². The number of nitrogens with zero attached hydrogens (tertiary/aromatic N) is 2. The fourth-order valence-corrected chi connectivity index (χ4v) is 8.50. The quantitative estimate of drug-likeness (QED) is 0.343. The summed E-state index contributed by atoms with van der Waals surface area (Å²) in [6.45, 7) is 0.221. The molecule has 0 radical (unpaired) electrons. The zero-order chi connectivity index (χ0) is 29.1. The monoisotopic (exact) mass is 566 g/mol. The number of urea groups is 1. The molecule has 4 aliphatic carbocycles. The summed E-state index contributed by atoms with van der Waals surface area (Å²) < 4.78 is 0. The maximum absolute atomic E-state index is 14.5. The molecule has 3 aromatic rings. The number of carbonyl (C=O) groups excluding carboxylic acids is 3. The Morgan fingerprint density at radius 1 is 0.762 bits per heavy atom. The predicted molar refractivity (Wildman–Crippen MR) is 158 cm³/mol. The molecule has 5 atom stereocenters. The summed E-state index contributed by atoms with van der Waals surface area (Å²) in [5.41, 5.74) is -0.298. The Morgan fingerprint density at radius 2 is 1.36 bits per heavy atom. The van der Waals surface area contributed by atoms with E-state index >= 15 is 0 Å². The van der Waals surface area contributed by atoms with Gasteiger partial charge in [0.25, 0.3) is 11.8 Å². The van der Waals surface area contributed by atoms with Gasteiger partial charge in [-0.3, -0.25) is 14.5 Å². The van der Waals surface area contributed by atoms with Gasteiger partial charge in [-0.15, -0.1) is 0 Å². The normalized spacial score (nSPS) is 31.5. The second kappa shape index (κ2) is 9.68. The highest BCUT2D eigenvalue weighted by molar-refractivity contribution is 6.24. The third kappa shape index (κ3) is 4.62. The Kier molecular flexibility index (Phi) is 6.14. The van der Waals surface area contributed by atoms with Crippen LogP contribution in [-0.4, -0.2) is 51.8 Å². The summed E-state index contributed by atoms with van der Waals surface area (Å²) >= 11 is 0. The van der Waals surface area contributed by atoms with Crippen LogP contribution in [0.5, 0.6) is 0 Å². The van der Waals surface area contributed by atoms with E-state index in [9.17, 15) is 24.6 Å². The average molecular weight is 567 g/mol. The van der Waals surface area contributed by atoms with Crippen molar-refractivity contribution in [3.8, 4) is 0 Å². The van der Waals surface area contributed by atoms with Gasteiger partial charge in [-0.25, -0.2) is 4.79 Å². The largest absolute Gasteiger partial charge is 0.390 e. The van der Waals surface area contributed by atoms with E-state index < -0.39 is 40.5 Å². The Balaban J connectivity index is 1.30. The maximum atomic E-state index is 14.5.